The molecule has 1 heterocycles. The summed E-state index contributed by atoms with van der Waals surface area (Å²) in [5.41, 5.74) is 1.24. The van der Waals surface area contributed by atoms with Gasteiger partial charge in [0.05, 0.1) is 0 Å². The van der Waals surface area contributed by atoms with Gasteiger partial charge in [0.2, 0.25) is 6.79 Å². The van der Waals surface area contributed by atoms with Gasteiger partial charge in [0.25, 0.3) is 0 Å². The Balaban J connectivity index is 2.21. The van der Waals surface area contributed by atoms with E-state index in [-0.39, 0.29) is 0 Å². The van der Waals surface area contributed by atoms with Gasteiger partial charge in [-0.3, -0.25) is 0 Å². The molecule has 3 heteroatoms. The molecule has 0 saturated carbocycles. The van der Waals surface area contributed by atoms with Crippen molar-refractivity contribution in [3.63, 3.8) is 0 Å². The van der Waals surface area contributed by atoms with Crippen molar-refractivity contribution in [3.8, 4) is 11.5 Å². The molecule has 0 spiro atoms. The highest BCUT2D eigenvalue weighted by Crippen LogP contribution is 2.32. The number of hydrogen-bond donors (Lipinski definition) is 0. The molecule has 0 bridgehead atoms. The smallest absolute Gasteiger partial charge is 0.231 e. The summed E-state index contributed by atoms with van der Waals surface area (Å²) in [6.45, 7) is 1.28. The third-order valence-electron chi connectivity index (χ3n) is 1.94. The van der Waals surface area contributed by atoms with Crippen LogP contribution in [0, 0.1) is 0 Å². The fourth-order valence-corrected chi connectivity index (χ4v) is 1.40. The summed E-state index contributed by atoms with van der Waals surface area (Å²) in [5, 5.41) is 0. The Morgan fingerprint density at radius 1 is 1.23 bits per heavy atom. The van der Waals surface area contributed by atoms with Crippen LogP contribution >= 0.6 is 0 Å². The SMILES string of the molecule is CN(C)Cc1ccc2c(c1)OCO2. The van der Waals surface area contributed by atoms with Crippen molar-refractivity contribution in [2.24, 2.45) is 0 Å². The second kappa shape index (κ2) is 3.26. The molecular weight excluding hydrogens is 166 g/mol. The van der Waals surface area contributed by atoms with Crippen LogP contribution in [0.3, 0.4) is 0 Å². The van der Waals surface area contributed by atoms with Crippen LogP contribution in [0.1, 0.15) is 5.56 Å². The van der Waals surface area contributed by atoms with Gasteiger partial charge in [-0.15, -0.1) is 0 Å². The standard InChI is InChI=1S/C10H13NO2/c1-11(2)6-8-3-4-9-10(5-8)13-7-12-9/h3-5H,6-7H2,1-2H3. The van der Waals surface area contributed by atoms with E-state index in [9.17, 15) is 0 Å². The van der Waals surface area contributed by atoms with E-state index in [0.29, 0.717) is 6.79 Å². The molecule has 0 unspecified atom stereocenters. The summed E-state index contributed by atoms with van der Waals surface area (Å²) >= 11 is 0. The first-order valence-electron chi connectivity index (χ1n) is 4.29. The Morgan fingerprint density at radius 2 is 2.00 bits per heavy atom. The molecule has 3 nitrogen and oxygen atoms in total. The average molecular weight is 179 g/mol. The van der Waals surface area contributed by atoms with Crippen LogP contribution in [0.25, 0.3) is 0 Å². The molecule has 70 valence electrons. The lowest BCUT2D eigenvalue weighted by molar-refractivity contribution is 0.174. The molecule has 0 aromatic heterocycles. The minimum Gasteiger partial charge on any atom is -0.454 e. The molecule has 2 rings (SSSR count). The molecule has 0 saturated heterocycles. The highest BCUT2D eigenvalue weighted by atomic mass is 16.7. The molecule has 1 aromatic rings. The Labute approximate surface area is 77.9 Å². The van der Waals surface area contributed by atoms with Gasteiger partial charge in [0.1, 0.15) is 0 Å². The predicted octanol–water partition coefficient (Wildman–Crippen LogP) is 1.48. The molecule has 0 amide bonds. The van der Waals surface area contributed by atoms with E-state index in [2.05, 4.69) is 11.0 Å². The molecule has 1 aromatic carbocycles. The molecule has 13 heavy (non-hydrogen) atoms. The van der Waals surface area contributed by atoms with Gasteiger partial charge < -0.3 is 14.4 Å². The van der Waals surface area contributed by atoms with Gasteiger partial charge in [-0.2, -0.15) is 0 Å². The molecule has 0 radical (unpaired) electrons. The first kappa shape index (κ1) is 8.38. The van der Waals surface area contributed by atoms with Crippen molar-refractivity contribution < 1.29 is 9.47 Å². The van der Waals surface area contributed by atoms with E-state index in [1.54, 1.807) is 0 Å². The largest absolute Gasteiger partial charge is 0.454 e. The molecule has 0 aliphatic carbocycles. The zero-order valence-electron chi connectivity index (χ0n) is 7.91. The monoisotopic (exact) mass is 179 g/mol. The molecule has 1 aliphatic heterocycles. The summed E-state index contributed by atoms with van der Waals surface area (Å²) in [7, 11) is 4.09. The number of rotatable bonds is 2. The molecular formula is C10H13NO2. The van der Waals surface area contributed by atoms with Crippen LogP contribution < -0.4 is 9.47 Å². The highest BCUT2D eigenvalue weighted by molar-refractivity contribution is 5.44. The van der Waals surface area contributed by atoms with Crippen molar-refractivity contribution in [2.45, 2.75) is 6.54 Å². The molecule has 0 N–H and O–H groups in total. The Hall–Kier alpha value is -1.22. The van der Waals surface area contributed by atoms with Crippen LogP contribution in [0.4, 0.5) is 0 Å². The minimum absolute atomic E-state index is 0.348. The van der Waals surface area contributed by atoms with E-state index in [4.69, 9.17) is 9.47 Å². The number of hydrogen-bond acceptors (Lipinski definition) is 3. The summed E-state index contributed by atoms with van der Waals surface area (Å²) in [6, 6.07) is 6.05. The predicted molar refractivity (Wildman–Crippen MR) is 50.0 cm³/mol. The van der Waals surface area contributed by atoms with E-state index >= 15 is 0 Å². The molecule has 1 aliphatic rings. The minimum atomic E-state index is 0.348. The fraction of sp³-hybridized carbons (Fsp3) is 0.400. The third-order valence-corrected chi connectivity index (χ3v) is 1.94. The van der Waals surface area contributed by atoms with Gasteiger partial charge >= 0.3 is 0 Å². The average Bonchev–Trinajstić information content (AvgIpc) is 2.49. The van der Waals surface area contributed by atoms with Crippen molar-refractivity contribution >= 4 is 0 Å². The van der Waals surface area contributed by atoms with E-state index in [0.717, 1.165) is 18.0 Å². The van der Waals surface area contributed by atoms with Crippen molar-refractivity contribution in [3.05, 3.63) is 23.8 Å². The van der Waals surface area contributed by atoms with Crippen molar-refractivity contribution in [1.82, 2.24) is 4.90 Å². The lowest BCUT2D eigenvalue weighted by Crippen LogP contribution is -2.10. The molecule has 0 fully saturated rings. The summed E-state index contributed by atoms with van der Waals surface area (Å²) in [6.07, 6.45) is 0. The van der Waals surface area contributed by atoms with Crippen LogP contribution in [0.5, 0.6) is 11.5 Å². The number of fused-ring (bicyclic) bond motifs is 1. The van der Waals surface area contributed by atoms with E-state index in [1.807, 2.05) is 26.2 Å². The van der Waals surface area contributed by atoms with Gasteiger partial charge in [0, 0.05) is 6.54 Å². The number of nitrogens with zero attached hydrogens (tertiary/aromatic N) is 1. The van der Waals surface area contributed by atoms with Crippen LogP contribution in [-0.4, -0.2) is 25.8 Å². The topological polar surface area (TPSA) is 21.7 Å². The quantitative estimate of drug-likeness (QED) is 0.686. The maximum atomic E-state index is 5.28. The summed E-state index contributed by atoms with van der Waals surface area (Å²) in [5.74, 6) is 1.71. The van der Waals surface area contributed by atoms with Gasteiger partial charge in [-0.25, -0.2) is 0 Å². The maximum Gasteiger partial charge on any atom is 0.231 e. The number of benzene rings is 1. The van der Waals surface area contributed by atoms with Gasteiger partial charge in [-0.05, 0) is 31.8 Å². The van der Waals surface area contributed by atoms with Crippen LogP contribution in [0.15, 0.2) is 18.2 Å². The summed E-state index contributed by atoms with van der Waals surface area (Å²) < 4.78 is 10.5. The van der Waals surface area contributed by atoms with E-state index < -0.39 is 0 Å². The zero-order chi connectivity index (χ0) is 9.26. The zero-order valence-corrected chi connectivity index (χ0v) is 7.91. The Morgan fingerprint density at radius 3 is 2.77 bits per heavy atom. The third kappa shape index (κ3) is 1.75. The lowest BCUT2D eigenvalue weighted by atomic mass is 10.2. The number of ether oxygens (including phenoxy) is 2. The highest BCUT2D eigenvalue weighted by Gasteiger charge is 2.12. The van der Waals surface area contributed by atoms with Crippen molar-refractivity contribution in [1.29, 1.82) is 0 Å². The fourth-order valence-electron chi connectivity index (χ4n) is 1.40. The Kier molecular flexibility index (Phi) is 2.10. The normalized spacial score (nSPS) is 13.8. The molecule has 0 atom stereocenters. The van der Waals surface area contributed by atoms with Crippen LogP contribution in [-0.2, 0) is 6.54 Å². The summed E-state index contributed by atoms with van der Waals surface area (Å²) in [4.78, 5) is 2.12. The second-order valence-corrected chi connectivity index (χ2v) is 3.43. The van der Waals surface area contributed by atoms with E-state index in [1.165, 1.54) is 5.56 Å². The maximum absolute atomic E-state index is 5.28. The Bertz CT molecular complexity index is 310. The first-order valence-corrected chi connectivity index (χ1v) is 4.29. The van der Waals surface area contributed by atoms with Crippen LogP contribution in [0.2, 0.25) is 0 Å². The first-order chi connectivity index (χ1) is 6.25. The van der Waals surface area contributed by atoms with Gasteiger partial charge in [0.15, 0.2) is 11.5 Å². The van der Waals surface area contributed by atoms with Gasteiger partial charge in [-0.1, -0.05) is 6.07 Å². The van der Waals surface area contributed by atoms with Crippen molar-refractivity contribution in [2.75, 3.05) is 20.9 Å². The lowest BCUT2D eigenvalue weighted by Gasteiger charge is -2.09. The second-order valence-electron chi connectivity index (χ2n) is 3.43.